The molecule has 7 nitrogen and oxygen atoms in total. The largest absolute Gasteiger partial charge is 0.395 e. The summed E-state index contributed by atoms with van der Waals surface area (Å²) in [6.07, 6.45) is -0.190. The van der Waals surface area contributed by atoms with E-state index in [0.717, 1.165) is 6.42 Å². The van der Waals surface area contributed by atoms with Gasteiger partial charge in [-0.15, -0.1) is 0 Å². The molecule has 130 valence electrons. The van der Waals surface area contributed by atoms with E-state index in [-0.39, 0.29) is 36.2 Å². The lowest BCUT2D eigenvalue weighted by atomic mass is 9.68. The molecular formula is C16H26N2O5. The number of hydrogen-bond donors (Lipinski definition) is 5. The molecule has 2 aliphatic carbocycles. The third-order valence-electron chi connectivity index (χ3n) is 6.57. The molecule has 0 aromatic rings. The zero-order valence-corrected chi connectivity index (χ0v) is 13.6. The zero-order valence-electron chi connectivity index (χ0n) is 13.6. The molecule has 0 aromatic heterocycles. The standard InChI is InChI=1S/C16H26N2O5/c1-15(2)8-3-4-16(15,11(20)5-8)14(23)17-6-9-12(21)13(22)10(7-19)18-9/h8-10,12-13,18-19,21-22H,3-7H2,1-2H3,(H,17,23)/t8?,9-,10+,12+,13-,16-/m0/s1. The van der Waals surface area contributed by atoms with Crippen molar-refractivity contribution in [2.75, 3.05) is 13.2 Å². The second-order valence-corrected chi connectivity index (χ2v) is 7.74. The summed E-state index contributed by atoms with van der Waals surface area (Å²) in [6.45, 7) is 3.80. The first-order valence-electron chi connectivity index (χ1n) is 8.30. The predicted molar refractivity (Wildman–Crippen MR) is 81.4 cm³/mol. The highest BCUT2D eigenvalue weighted by Gasteiger charge is 2.68. The summed E-state index contributed by atoms with van der Waals surface area (Å²) < 4.78 is 0. The Balaban J connectivity index is 1.68. The third kappa shape index (κ3) is 2.17. The minimum atomic E-state index is -1.07. The molecule has 1 unspecified atom stereocenters. The van der Waals surface area contributed by atoms with E-state index in [9.17, 15) is 19.8 Å². The number of Topliss-reactive ketones (excluding diaryl/α,β-unsaturated/α-hetero) is 1. The van der Waals surface area contributed by atoms with Gasteiger partial charge in [0.25, 0.3) is 0 Å². The molecule has 1 saturated heterocycles. The Kier molecular flexibility index (Phi) is 4.03. The lowest BCUT2D eigenvalue weighted by Gasteiger charge is -2.35. The van der Waals surface area contributed by atoms with Crippen molar-refractivity contribution in [1.82, 2.24) is 10.6 Å². The number of ketones is 1. The van der Waals surface area contributed by atoms with E-state index >= 15 is 0 Å². The van der Waals surface area contributed by atoms with Gasteiger partial charge in [0, 0.05) is 13.0 Å². The van der Waals surface area contributed by atoms with Crippen molar-refractivity contribution >= 4 is 11.7 Å². The van der Waals surface area contributed by atoms with Gasteiger partial charge in [0.15, 0.2) is 0 Å². The van der Waals surface area contributed by atoms with Crippen molar-refractivity contribution in [3.63, 3.8) is 0 Å². The summed E-state index contributed by atoms with van der Waals surface area (Å²) in [6, 6.07) is -1.15. The van der Waals surface area contributed by atoms with Gasteiger partial charge in [-0.05, 0) is 24.2 Å². The van der Waals surface area contributed by atoms with Crippen molar-refractivity contribution in [3.05, 3.63) is 0 Å². The first-order chi connectivity index (χ1) is 10.8. The Labute approximate surface area is 135 Å². The third-order valence-corrected chi connectivity index (χ3v) is 6.57. The van der Waals surface area contributed by atoms with E-state index in [4.69, 9.17) is 5.11 Å². The van der Waals surface area contributed by atoms with Crippen molar-refractivity contribution < 1.29 is 24.9 Å². The molecule has 1 amide bonds. The average Bonchev–Trinajstić information content (AvgIpc) is 3.01. The predicted octanol–water partition coefficient (Wildman–Crippen LogP) is -1.45. The number of nitrogens with one attached hydrogen (secondary N) is 2. The summed E-state index contributed by atoms with van der Waals surface area (Å²) in [7, 11) is 0. The summed E-state index contributed by atoms with van der Waals surface area (Å²) in [5.41, 5.74) is -1.31. The Hall–Kier alpha value is -1.02. The maximum atomic E-state index is 12.8. The number of amides is 1. The lowest BCUT2D eigenvalue weighted by molar-refractivity contribution is -0.145. The molecule has 1 heterocycles. The molecule has 0 radical (unpaired) electrons. The van der Waals surface area contributed by atoms with Crippen LogP contribution in [0.5, 0.6) is 0 Å². The van der Waals surface area contributed by atoms with Gasteiger partial charge in [0.05, 0.1) is 30.9 Å². The molecule has 3 aliphatic rings. The van der Waals surface area contributed by atoms with Crippen LogP contribution in [0.1, 0.15) is 33.1 Å². The van der Waals surface area contributed by atoms with Crippen LogP contribution in [0.15, 0.2) is 0 Å². The molecule has 1 aliphatic heterocycles. The van der Waals surface area contributed by atoms with Gasteiger partial charge in [-0.2, -0.15) is 0 Å². The Morgan fingerprint density at radius 3 is 2.43 bits per heavy atom. The molecule has 0 spiro atoms. The van der Waals surface area contributed by atoms with Crippen LogP contribution in [0.25, 0.3) is 0 Å². The van der Waals surface area contributed by atoms with Crippen molar-refractivity contribution in [2.45, 2.75) is 57.4 Å². The summed E-state index contributed by atoms with van der Waals surface area (Å²) in [5, 5.41) is 34.6. The van der Waals surface area contributed by atoms with Crippen LogP contribution in [0.4, 0.5) is 0 Å². The van der Waals surface area contributed by atoms with Gasteiger partial charge >= 0.3 is 0 Å². The molecule has 5 N–H and O–H groups in total. The molecule has 3 fully saturated rings. The van der Waals surface area contributed by atoms with Crippen LogP contribution in [-0.4, -0.2) is 64.5 Å². The minimum absolute atomic E-state index is 0.0180. The van der Waals surface area contributed by atoms with E-state index in [1.165, 1.54) is 0 Å². The number of aliphatic hydroxyl groups excluding tert-OH is 3. The Morgan fingerprint density at radius 2 is 1.96 bits per heavy atom. The average molecular weight is 326 g/mol. The number of carbonyl (C=O) groups is 2. The zero-order chi connectivity index (χ0) is 17.0. The van der Waals surface area contributed by atoms with E-state index in [2.05, 4.69) is 10.6 Å². The normalized spacial score (nSPS) is 44.7. The van der Waals surface area contributed by atoms with E-state index in [1.807, 2.05) is 13.8 Å². The van der Waals surface area contributed by atoms with Crippen LogP contribution < -0.4 is 10.6 Å². The highest BCUT2D eigenvalue weighted by atomic mass is 16.3. The van der Waals surface area contributed by atoms with Crippen molar-refractivity contribution in [2.24, 2.45) is 16.7 Å². The fourth-order valence-corrected chi connectivity index (χ4v) is 4.85. The quantitative estimate of drug-likeness (QED) is 0.404. The summed E-state index contributed by atoms with van der Waals surface area (Å²) in [4.78, 5) is 25.2. The fourth-order valence-electron chi connectivity index (χ4n) is 4.85. The van der Waals surface area contributed by atoms with Gasteiger partial charge in [-0.1, -0.05) is 13.8 Å². The Morgan fingerprint density at radius 1 is 1.30 bits per heavy atom. The van der Waals surface area contributed by atoms with Crippen LogP contribution in [0.3, 0.4) is 0 Å². The molecule has 23 heavy (non-hydrogen) atoms. The van der Waals surface area contributed by atoms with E-state index in [1.54, 1.807) is 0 Å². The summed E-state index contributed by atoms with van der Waals surface area (Å²) >= 11 is 0. The maximum Gasteiger partial charge on any atom is 0.234 e. The van der Waals surface area contributed by atoms with Crippen LogP contribution in [0.2, 0.25) is 0 Å². The molecule has 0 aromatic carbocycles. The van der Waals surface area contributed by atoms with Gasteiger partial charge in [0.2, 0.25) is 5.91 Å². The van der Waals surface area contributed by atoms with Gasteiger partial charge in [0.1, 0.15) is 11.2 Å². The molecule has 2 saturated carbocycles. The summed E-state index contributed by atoms with van der Waals surface area (Å²) in [5.74, 6) is 0.00410. The highest BCUT2D eigenvalue weighted by Crippen LogP contribution is 2.63. The van der Waals surface area contributed by atoms with Crippen LogP contribution >= 0.6 is 0 Å². The van der Waals surface area contributed by atoms with Crippen LogP contribution in [-0.2, 0) is 9.59 Å². The number of rotatable bonds is 4. The van der Waals surface area contributed by atoms with E-state index in [0.29, 0.717) is 12.8 Å². The smallest absolute Gasteiger partial charge is 0.234 e. The number of aliphatic hydroxyl groups is 3. The second-order valence-electron chi connectivity index (χ2n) is 7.74. The molecule has 6 atom stereocenters. The SMILES string of the molecule is CC1(C)C2CC[C@@]1(C(=O)NC[C@@H]1N[C@H](CO)[C@H](O)[C@@H]1O)C(=O)C2. The molecule has 2 bridgehead atoms. The topological polar surface area (TPSA) is 119 Å². The molecular weight excluding hydrogens is 300 g/mol. The van der Waals surface area contributed by atoms with Crippen LogP contribution in [0, 0.1) is 16.7 Å². The minimum Gasteiger partial charge on any atom is -0.395 e. The first kappa shape index (κ1) is 16.8. The first-order valence-corrected chi connectivity index (χ1v) is 8.30. The lowest BCUT2D eigenvalue weighted by Crippen LogP contribution is -2.53. The van der Waals surface area contributed by atoms with E-state index < -0.39 is 29.7 Å². The number of fused-ring (bicyclic) bond motifs is 2. The van der Waals surface area contributed by atoms with Gasteiger partial charge in [-0.25, -0.2) is 0 Å². The van der Waals surface area contributed by atoms with Crippen molar-refractivity contribution in [1.29, 1.82) is 0 Å². The number of carbonyl (C=O) groups excluding carboxylic acids is 2. The highest BCUT2D eigenvalue weighted by molar-refractivity contribution is 6.09. The monoisotopic (exact) mass is 326 g/mol. The molecule has 7 heteroatoms. The maximum absolute atomic E-state index is 12.8. The van der Waals surface area contributed by atoms with Gasteiger partial charge in [-0.3, -0.25) is 9.59 Å². The number of hydrogen-bond acceptors (Lipinski definition) is 6. The van der Waals surface area contributed by atoms with Crippen molar-refractivity contribution in [3.8, 4) is 0 Å². The molecule has 3 rings (SSSR count). The van der Waals surface area contributed by atoms with Gasteiger partial charge < -0.3 is 26.0 Å². The second kappa shape index (κ2) is 5.51. The fraction of sp³-hybridized carbons (Fsp3) is 0.875. The Bertz CT molecular complexity index is 523.